The van der Waals surface area contributed by atoms with Gasteiger partial charge in [-0.05, 0) is 50.2 Å². The summed E-state index contributed by atoms with van der Waals surface area (Å²) in [4.78, 5) is 2.25. The van der Waals surface area contributed by atoms with E-state index in [2.05, 4.69) is 17.3 Å². The van der Waals surface area contributed by atoms with Gasteiger partial charge in [0.05, 0.1) is 0 Å². The summed E-state index contributed by atoms with van der Waals surface area (Å²) in [7, 11) is 3.09. The van der Waals surface area contributed by atoms with E-state index in [0.717, 1.165) is 38.7 Å². The van der Waals surface area contributed by atoms with E-state index < -0.39 is 0 Å². The summed E-state index contributed by atoms with van der Waals surface area (Å²) >= 11 is 0. The Morgan fingerprint density at radius 2 is 1.71 bits per heavy atom. The molecule has 0 amide bonds. The third-order valence-corrected chi connectivity index (χ3v) is 3.09. The fourth-order valence-corrected chi connectivity index (χ4v) is 2.08. The lowest BCUT2D eigenvalue weighted by Gasteiger charge is -2.33. The Kier molecular flexibility index (Phi) is 5.94. The highest BCUT2D eigenvalue weighted by Crippen LogP contribution is 2.19. The minimum Gasteiger partial charge on any atom is -0.400 e. The molecule has 0 radical (unpaired) electrons. The molecule has 0 aliphatic carbocycles. The van der Waals surface area contributed by atoms with Crippen LogP contribution in [0.5, 0.6) is 0 Å². The van der Waals surface area contributed by atoms with Crippen LogP contribution in [0.3, 0.4) is 0 Å². The maximum atomic E-state index is 12.8. The molecule has 1 aromatic carbocycles. The van der Waals surface area contributed by atoms with Crippen molar-refractivity contribution in [2.24, 2.45) is 0 Å². The van der Waals surface area contributed by atoms with E-state index in [1.165, 1.54) is 12.1 Å². The lowest BCUT2D eigenvalue weighted by atomic mass is 10.0. The van der Waals surface area contributed by atoms with Crippen molar-refractivity contribution < 1.29 is 9.50 Å². The first-order valence-electron chi connectivity index (χ1n) is 5.91. The van der Waals surface area contributed by atoms with Gasteiger partial charge in [0.2, 0.25) is 0 Å². The molecule has 4 heteroatoms. The molecule has 1 aliphatic heterocycles. The highest BCUT2D eigenvalue weighted by molar-refractivity contribution is 5.46. The van der Waals surface area contributed by atoms with Crippen molar-refractivity contribution in [3.8, 4) is 0 Å². The van der Waals surface area contributed by atoms with E-state index in [4.69, 9.17) is 5.11 Å². The number of anilines is 1. The maximum Gasteiger partial charge on any atom is 0.123 e. The predicted octanol–water partition coefficient (Wildman–Crippen LogP) is 1.62. The van der Waals surface area contributed by atoms with Crippen molar-refractivity contribution in [1.29, 1.82) is 0 Å². The van der Waals surface area contributed by atoms with Gasteiger partial charge >= 0.3 is 0 Å². The number of nitrogens with one attached hydrogen (secondary N) is 1. The average molecular weight is 240 g/mol. The third-order valence-electron chi connectivity index (χ3n) is 3.09. The minimum absolute atomic E-state index is 0.169. The van der Waals surface area contributed by atoms with Crippen LogP contribution in [0.1, 0.15) is 12.8 Å². The summed E-state index contributed by atoms with van der Waals surface area (Å²) in [6.45, 7) is 2.16. The fraction of sp³-hybridized carbons (Fsp3) is 0.538. The molecule has 2 rings (SSSR count). The van der Waals surface area contributed by atoms with Gasteiger partial charge in [-0.15, -0.1) is 0 Å². The fourth-order valence-electron chi connectivity index (χ4n) is 2.08. The summed E-state index contributed by atoms with van der Waals surface area (Å²) in [6.07, 6.45) is 2.32. The number of nitrogens with zero attached hydrogens (tertiary/aromatic N) is 1. The normalized spacial score (nSPS) is 16.0. The zero-order valence-corrected chi connectivity index (χ0v) is 10.5. The molecule has 96 valence electrons. The van der Waals surface area contributed by atoms with Crippen LogP contribution in [-0.4, -0.2) is 38.4 Å². The monoisotopic (exact) mass is 240 g/mol. The summed E-state index contributed by atoms with van der Waals surface area (Å²) in [6, 6.07) is 7.31. The first-order valence-corrected chi connectivity index (χ1v) is 5.91. The Morgan fingerprint density at radius 3 is 2.24 bits per heavy atom. The molecule has 3 nitrogen and oxygen atoms in total. The SMILES string of the molecule is CN(c1ccc(F)cc1)C1CCNCC1.CO. The van der Waals surface area contributed by atoms with Gasteiger partial charge in [0, 0.05) is 25.9 Å². The van der Waals surface area contributed by atoms with Crippen molar-refractivity contribution in [2.45, 2.75) is 18.9 Å². The minimum atomic E-state index is -0.169. The quantitative estimate of drug-likeness (QED) is 0.824. The van der Waals surface area contributed by atoms with Gasteiger partial charge in [0.1, 0.15) is 5.82 Å². The molecule has 0 aromatic heterocycles. The molecule has 0 bridgehead atoms. The van der Waals surface area contributed by atoms with Gasteiger partial charge in [-0.25, -0.2) is 4.39 Å². The van der Waals surface area contributed by atoms with Crippen LogP contribution < -0.4 is 10.2 Å². The predicted molar refractivity (Wildman–Crippen MR) is 68.8 cm³/mol. The maximum absolute atomic E-state index is 12.8. The summed E-state index contributed by atoms with van der Waals surface area (Å²) in [5, 5.41) is 10.3. The van der Waals surface area contributed by atoms with Crippen LogP contribution in [0.15, 0.2) is 24.3 Å². The molecular formula is C13H21FN2O. The first kappa shape index (κ1) is 13.9. The van der Waals surface area contributed by atoms with Crippen LogP contribution in [0.4, 0.5) is 10.1 Å². The number of hydrogen-bond donors (Lipinski definition) is 2. The zero-order valence-electron chi connectivity index (χ0n) is 10.5. The summed E-state index contributed by atoms with van der Waals surface area (Å²) in [5.41, 5.74) is 1.10. The number of aliphatic hydroxyl groups excluding tert-OH is 1. The molecule has 17 heavy (non-hydrogen) atoms. The standard InChI is InChI=1S/C12H17FN2.CH4O/c1-15(12-6-8-14-9-7-12)11-4-2-10(13)3-5-11;1-2/h2-5,12,14H,6-9H2,1H3;2H,1H3. The zero-order chi connectivity index (χ0) is 12.7. The van der Waals surface area contributed by atoms with Gasteiger partial charge in [-0.3, -0.25) is 0 Å². The molecule has 0 atom stereocenters. The van der Waals surface area contributed by atoms with E-state index in [1.807, 2.05) is 12.1 Å². The highest BCUT2D eigenvalue weighted by atomic mass is 19.1. The largest absolute Gasteiger partial charge is 0.400 e. The van der Waals surface area contributed by atoms with Crippen LogP contribution in [0, 0.1) is 5.82 Å². The Morgan fingerprint density at radius 1 is 1.18 bits per heavy atom. The number of piperidine rings is 1. The van der Waals surface area contributed by atoms with Crippen LogP contribution >= 0.6 is 0 Å². The Hall–Kier alpha value is -1.13. The van der Waals surface area contributed by atoms with Gasteiger partial charge in [0.15, 0.2) is 0 Å². The Labute approximate surface area is 102 Å². The molecule has 1 aromatic rings. The second-order valence-electron chi connectivity index (χ2n) is 4.07. The van der Waals surface area contributed by atoms with Gasteiger partial charge in [-0.1, -0.05) is 0 Å². The lowest BCUT2D eigenvalue weighted by molar-refractivity contribution is 0.399. The molecule has 0 unspecified atom stereocenters. The summed E-state index contributed by atoms with van der Waals surface area (Å²) < 4.78 is 12.8. The van der Waals surface area contributed by atoms with Crippen LogP contribution in [0.2, 0.25) is 0 Å². The van der Waals surface area contributed by atoms with Crippen LogP contribution in [-0.2, 0) is 0 Å². The van der Waals surface area contributed by atoms with E-state index in [0.29, 0.717) is 6.04 Å². The van der Waals surface area contributed by atoms with Crippen molar-refractivity contribution >= 4 is 5.69 Å². The molecule has 1 fully saturated rings. The number of benzene rings is 1. The van der Waals surface area contributed by atoms with E-state index in [1.54, 1.807) is 0 Å². The van der Waals surface area contributed by atoms with Crippen molar-refractivity contribution in [2.75, 3.05) is 32.1 Å². The van der Waals surface area contributed by atoms with E-state index in [-0.39, 0.29) is 5.82 Å². The van der Waals surface area contributed by atoms with Crippen LogP contribution in [0.25, 0.3) is 0 Å². The Balaban J connectivity index is 0.000000686. The second-order valence-corrected chi connectivity index (χ2v) is 4.07. The third kappa shape index (κ3) is 3.98. The highest BCUT2D eigenvalue weighted by Gasteiger charge is 2.17. The molecule has 1 saturated heterocycles. The average Bonchev–Trinajstić information content (AvgIpc) is 2.42. The van der Waals surface area contributed by atoms with E-state index >= 15 is 0 Å². The molecule has 1 aliphatic rings. The molecule has 2 N–H and O–H groups in total. The molecule has 0 saturated carbocycles. The van der Waals surface area contributed by atoms with E-state index in [9.17, 15) is 4.39 Å². The lowest BCUT2D eigenvalue weighted by Crippen LogP contribution is -2.41. The second kappa shape index (κ2) is 7.25. The topological polar surface area (TPSA) is 35.5 Å². The van der Waals surface area contributed by atoms with Gasteiger partial charge in [0.25, 0.3) is 0 Å². The van der Waals surface area contributed by atoms with Gasteiger partial charge in [-0.2, -0.15) is 0 Å². The Bertz CT molecular complexity index is 310. The first-order chi connectivity index (χ1) is 8.27. The number of rotatable bonds is 2. The number of aliphatic hydroxyl groups is 1. The smallest absolute Gasteiger partial charge is 0.123 e. The van der Waals surface area contributed by atoms with Crippen molar-refractivity contribution in [1.82, 2.24) is 5.32 Å². The van der Waals surface area contributed by atoms with Crippen molar-refractivity contribution in [3.63, 3.8) is 0 Å². The molecule has 0 spiro atoms. The number of halogens is 1. The molecule has 1 heterocycles. The van der Waals surface area contributed by atoms with Gasteiger partial charge < -0.3 is 15.3 Å². The molecular weight excluding hydrogens is 219 g/mol. The number of hydrogen-bond acceptors (Lipinski definition) is 3. The summed E-state index contributed by atoms with van der Waals surface area (Å²) in [5.74, 6) is -0.169. The van der Waals surface area contributed by atoms with Crippen molar-refractivity contribution in [3.05, 3.63) is 30.1 Å².